The number of carboxylic acids is 1. The van der Waals surface area contributed by atoms with E-state index < -0.39 is 5.97 Å². The minimum absolute atomic E-state index is 0.259. The molecule has 0 bridgehead atoms. The molecule has 0 aliphatic rings. The summed E-state index contributed by atoms with van der Waals surface area (Å²) < 4.78 is 1.42. The summed E-state index contributed by atoms with van der Waals surface area (Å²) in [6.07, 6.45) is 11.1. The van der Waals surface area contributed by atoms with Crippen molar-refractivity contribution in [2.45, 2.75) is 79.1 Å². The number of anilines is 1. The molecule has 4 nitrogen and oxygen atoms in total. The number of hydrogen-bond donors (Lipinski definition) is 2. The van der Waals surface area contributed by atoms with Gasteiger partial charge in [0.25, 0.3) is 0 Å². The first-order chi connectivity index (χ1) is 12.9. The van der Waals surface area contributed by atoms with E-state index in [4.69, 9.17) is 10.8 Å². The van der Waals surface area contributed by atoms with E-state index in [1.807, 2.05) is 0 Å². The molecule has 0 fully saturated rings. The fourth-order valence-corrected chi connectivity index (χ4v) is 3.27. The molecular weight excluding hydrogens is 336 g/mol. The van der Waals surface area contributed by atoms with Crippen LogP contribution >= 0.6 is 0 Å². The largest absolute Gasteiger partial charge is 0.478 e. The number of nitrogen functional groups attached to an aromatic ring is 1. The van der Waals surface area contributed by atoms with E-state index in [2.05, 4.69) is 27.7 Å². The molecule has 1 aromatic rings. The standard InChI is InChI=1S/C16H36N.C7H7NO2/c1-5-9-13-17(14-10-6-2,15-11-7-3)16-12-8-4;8-6-3-1-5(2-4-6)7(9)10/h5-16H2,1-4H3;1-4H,8H2,(H,9,10)/q+1;. The lowest BCUT2D eigenvalue weighted by atomic mass is 10.1. The van der Waals surface area contributed by atoms with Gasteiger partial charge in [-0.15, -0.1) is 0 Å². The highest BCUT2D eigenvalue weighted by Crippen LogP contribution is 2.16. The molecule has 1 aromatic carbocycles. The first kappa shape index (κ1) is 25.4. The predicted molar refractivity (Wildman–Crippen MR) is 117 cm³/mol. The topological polar surface area (TPSA) is 63.3 Å². The molecule has 0 aromatic heterocycles. The number of quaternary nitrogens is 1. The van der Waals surface area contributed by atoms with Gasteiger partial charge in [-0.3, -0.25) is 0 Å². The monoisotopic (exact) mass is 379 g/mol. The third-order valence-electron chi connectivity index (χ3n) is 5.10. The van der Waals surface area contributed by atoms with Crippen LogP contribution in [0.1, 0.15) is 89.4 Å². The quantitative estimate of drug-likeness (QED) is 0.328. The van der Waals surface area contributed by atoms with E-state index in [-0.39, 0.29) is 5.56 Å². The van der Waals surface area contributed by atoms with Gasteiger partial charge in [0.05, 0.1) is 31.7 Å². The molecule has 156 valence electrons. The van der Waals surface area contributed by atoms with Crippen molar-refractivity contribution in [2.75, 3.05) is 31.9 Å². The number of aromatic carboxylic acids is 1. The molecule has 27 heavy (non-hydrogen) atoms. The van der Waals surface area contributed by atoms with Crippen LogP contribution in [0.3, 0.4) is 0 Å². The first-order valence-electron chi connectivity index (χ1n) is 10.9. The molecule has 0 spiro atoms. The van der Waals surface area contributed by atoms with Gasteiger partial charge in [0, 0.05) is 5.69 Å². The number of nitrogens with zero attached hydrogens (tertiary/aromatic N) is 1. The van der Waals surface area contributed by atoms with Crippen LogP contribution in [0.15, 0.2) is 24.3 Å². The first-order valence-corrected chi connectivity index (χ1v) is 10.9. The Morgan fingerprint density at radius 2 is 1.11 bits per heavy atom. The smallest absolute Gasteiger partial charge is 0.335 e. The van der Waals surface area contributed by atoms with Gasteiger partial charge in [-0.2, -0.15) is 0 Å². The molecule has 0 heterocycles. The van der Waals surface area contributed by atoms with Crippen LogP contribution in [0, 0.1) is 0 Å². The van der Waals surface area contributed by atoms with Crippen molar-refractivity contribution in [3.63, 3.8) is 0 Å². The highest BCUT2D eigenvalue weighted by Gasteiger charge is 2.24. The highest BCUT2D eigenvalue weighted by atomic mass is 16.4. The Hall–Kier alpha value is -1.55. The maximum Gasteiger partial charge on any atom is 0.335 e. The summed E-state index contributed by atoms with van der Waals surface area (Å²) in [6, 6.07) is 6.06. The zero-order chi connectivity index (χ0) is 20.5. The predicted octanol–water partition coefficient (Wildman–Crippen LogP) is 5.97. The molecule has 0 atom stereocenters. The van der Waals surface area contributed by atoms with E-state index >= 15 is 0 Å². The van der Waals surface area contributed by atoms with E-state index in [1.165, 1.54) is 94.2 Å². The van der Waals surface area contributed by atoms with Gasteiger partial charge < -0.3 is 15.3 Å². The Morgan fingerprint density at radius 3 is 1.37 bits per heavy atom. The molecule has 3 N–H and O–H groups in total. The minimum atomic E-state index is -0.931. The van der Waals surface area contributed by atoms with Crippen molar-refractivity contribution in [3.05, 3.63) is 29.8 Å². The number of hydrogen-bond acceptors (Lipinski definition) is 2. The molecule has 0 saturated heterocycles. The average Bonchev–Trinajstić information content (AvgIpc) is 2.68. The van der Waals surface area contributed by atoms with Crippen molar-refractivity contribution < 1.29 is 14.4 Å². The second kappa shape index (κ2) is 15.5. The third kappa shape index (κ3) is 11.7. The van der Waals surface area contributed by atoms with Crippen molar-refractivity contribution >= 4 is 11.7 Å². The van der Waals surface area contributed by atoms with E-state index in [1.54, 1.807) is 12.1 Å². The van der Waals surface area contributed by atoms with E-state index in [9.17, 15) is 4.79 Å². The number of unbranched alkanes of at least 4 members (excludes halogenated alkanes) is 4. The average molecular weight is 380 g/mol. The van der Waals surface area contributed by atoms with Gasteiger partial charge in [-0.1, -0.05) is 53.4 Å². The number of nitrogens with two attached hydrogens (primary N) is 1. The molecule has 0 saturated carbocycles. The second-order valence-corrected chi connectivity index (χ2v) is 7.58. The number of rotatable bonds is 13. The number of benzene rings is 1. The van der Waals surface area contributed by atoms with Crippen molar-refractivity contribution in [1.82, 2.24) is 0 Å². The molecule has 0 aliphatic carbocycles. The molecule has 0 radical (unpaired) electrons. The number of carboxylic acid groups (broad SMARTS) is 1. The van der Waals surface area contributed by atoms with Gasteiger partial charge in [0.15, 0.2) is 0 Å². The Labute approximate surface area is 167 Å². The maximum absolute atomic E-state index is 10.3. The Balaban J connectivity index is 0.000000569. The summed E-state index contributed by atoms with van der Waals surface area (Å²) in [5, 5.41) is 8.43. The lowest BCUT2D eigenvalue weighted by Crippen LogP contribution is -2.50. The summed E-state index contributed by atoms with van der Waals surface area (Å²) in [7, 11) is 0. The van der Waals surface area contributed by atoms with Gasteiger partial charge in [-0.25, -0.2) is 4.79 Å². The van der Waals surface area contributed by atoms with Crippen LogP contribution < -0.4 is 5.73 Å². The van der Waals surface area contributed by atoms with Crippen molar-refractivity contribution in [2.24, 2.45) is 0 Å². The third-order valence-corrected chi connectivity index (χ3v) is 5.10. The van der Waals surface area contributed by atoms with Crippen LogP contribution in [-0.4, -0.2) is 41.7 Å². The molecule has 0 amide bonds. The Bertz CT molecular complexity index is 448. The minimum Gasteiger partial charge on any atom is -0.478 e. The fraction of sp³-hybridized carbons (Fsp3) is 0.696. The van der Waals surface area contributed by atoms with Crippen LogP contribution in [0.4, 0.5) is 5.69 Å². The second-order valence-electron chi connectivity index (χ2n) is 7.58. The highest BCUT2D eigenvalue weighted by molar-refractivity contribution is 5.87. The fourth-order valence-electron chi connectivity index (χ4n) is 3.27. The van der Waals surface area contributed by atoms with E-state index in [0.29, 0.717) is 5.69 Å². The van der Waals surface area contributed by atoms with Crippen LogP contribution in [-0.2, 0) is 0 Å². The summed E-state index contributed by atoms with van der Waals surface area (Å²) >= 11 is 0. The molecule has 0 aliphatic heterocycles. The van der Waals surface area contributed by atoms with Gasteiger partial charge >= 0.3 is 5.97 Å². The van der Waals surface area contributed by atoms with E-state index in [0.717, 1.165) is 0 Å². The maximum atomic E-state index is 10.3. The number of carbonyl (C=O) groups is 1. The van der Waals surface area contributed by atoms with Crippen molar-refractivity contribution in [3.8, 4) is 0 Å². The van der Waals surface area contributed by atoms with Crippen LogP contribution in [0.25, 0.3) is 0 Å². The van der Waals surface area contributed by atoms with Gasteiger partial charge in [0.2, 0.25) is 0 Å². The van der Waals surface area contributed by atoms with Crippen molar-refractivity contribution in [1.29, 1.82) is 0 Å². The van der Waals surface area contributed by atoms with Crippen LogP contribution in [0.2, 0.25) is 0 Å². The Morgan fingerprint density at radius 1 is 0.778 bits per heavy atom. The zero-order valence-corrected chi connectivity index (χ0v) is 18.2. The molecule has 4 heteroatoms. The lowest BCUT2D eigenvalue weighted by molar-refractivity contribution is -0.929. The normalized spacial score (nSPS) is 11.0. The van der Waals surface area contributed by atoms with Gasteiger partial charge in [-0.05, 0) is 49.9 Å². The molecule has 0 unspecified atom stereocenters. The zero-order valence-electron chi connectivity index (χ0n) is 18.2. The molecule has 1 rings (SSSR count). The molecular formula is C23H43N2O2+. The van der Waals surface area contributed by atoms with Gasteiger partial charge in [0.1, 0.15) is 0 Å². The van der Waals surface area contributed by atoms with Crippen LogP contribution in [0.5, 0.6) is 0 Å². The summed E-state index contributed by atoms with van der Waals surface area (Å²) in [4.78, 5) is 10.3. The summed E-state index contributed by atoms with van der Waals surface area (Å²) in [5.41, 5.74) is 6.17. The Kier molecular flexibility index (Phi) is 14.6. The lowest BCUT2D eigenvalue weighted by Gasteiger charge is -2.39. The SMILES string of the molecule is CCCC[N+](CCCC)(CCCC)CCCC.Nc1ccc(C(=O)O)cc1. The summed E-state index contributed by atoms with van der Waals surface area (Å²) in [5.74, 6) is -0.931. The summed E-state index contributed by atoms with van der Waals surface area (Å²) in [6.45, 7) is 15.0.